The number of nitrogens with zero attached hydrogens (tertiary/aromatic N) is 3. The number of aromatic nitrogens is 2. The number of rotatable bonds is 5. The van der Waals surface area contributed by atoms with E-state index in [1.807, 2.05) is 6.20 Å². The Morgan fingerprint density at radius 1 is 1.50 bits per heavy atom. The number of carbonyl (C=O) groups is 1. The second-order valence-electron chi connectivity index (χ2n) is 6.64. The first kappa shape index (κ1) is 16.8. The predicted octanol–water partition coefficient (Wildman–Crippen LogP) is 1.84. The van der Waals surface area contributed by atoms with Crippen molar-refractivity contribution < 1.29 is 9.90 Å². The lowest BCUT2D eigenvalue weighted by molar-refractivity contribution is 0.0738. The van der Waals surface area contributed by atoms with E-state index >= 15 is 0 Å². The number of piperidine rings is 1. The molecule has 6 heteroatoms. The summed E-state index contributed by atoms with van der Waals surface area (Å²) in [6, 6.07) is -0.0653. The van der Waals surface area contributed by atoms with Crippen molar-refractivity contribution in [2.75, 3.05) is 13.1 Å². The lowest BCUT2D eigenvalue weighted by Gasteiger charge is -2.34. The molecule has 0 spiro atoms. The van der Waals surface area contributed by atoms with Crippen molar-refractivity contribution in [1.29, 1.82) is 0 Å². The van der Waals surface area contributed by atoms with Crippen molar-refractivity contribution in [3.63, 3.8) is 0 Å². The number of nitrogens with one attached hydrogen (secondary N) is 1. The predicted molar refractivity (Wildman–Crippen MR) is 85.3 cm³/mol. The summed E-state index contributed by atoms with van der Waals surface area (Å²) in [6.07, 6.45) is 5.30. The van der Waals surface area contributed by atoms with Crippen molar-refractivity contribution >= 4 is 6.03 Å². The molecule has 2 heterocycles. The van der Waals surface area contributed by atoms with E-state index in [0.29, 0.717) is 19.0 Å². The van der Waals surface area contributed by atoms with Crippen LogP contribution in [-0.2, 0) is 13.1 Å². The van der Waals surface area contributed by atoms with Crippen LogP contribution in [0, 0.1) is 11.8 Å². The smallest absolute Gasteiger partial charge is 0.317 e. The Morgan fingerprint density at radius 3 is 2.95 bits per heavy atom. The summed E-state index contributed by atoms with van der Waals surface area (Å²) >= 11 is 0. The molecule has 6 nitrogen and oxygen atoms in total. The van der Waals surface area contributed by atoms with Gasteiger partial charge in [-0.3, -0.25) is 0 Å². The third-order valence-electron chi connectivity index (χ3n) is 4.19. The lowest BCUT2D eigenvalue weighted by Crippen LogP contribution is -2.47. The topological polar surface area (TPSA) is 70.4 Å². The Kier molecular flexibility index (Phi) is 5.83. The number of urea groups is 1. The first-order valence-electron chi connectivity index (χ1n) is 8.18. The van der Waals surface area contributed by atoms with Gasteiger partial charge in [0.2, 0.25) is 0 Å². The molecule has 2 N–H and O–H groups in total. The van der Waals surface area contributed by atoms with Gasteiger partial charge in [0, 0.05) is 37.9 Å². The number of aliphatic hydroxyl groups is 1. The summed E-state index contributed by atoms with van der Waals surface area (Å²) in [7, 11) is 0. The zero-order valence-electron chi connectivity index (χ0n) is 13.8. The van der Waals surface area contributed by atoms with E-state index in [0.717, 1.165) is 31.8 Å². The molecule has 2 unspecified atom stereocenters. The van der Waals surface area contributed by atoms with Gasteiger partial charge in [0.15, 0.2) is 0 Å². The molecule has 2 amide bonds. The minimum atomic E-state index is -0.361. The van der Waals surface area contributed by atoms with Gasteiger partial charge < -0.3 is 19.9 Å². The summed E-state index contributed by atoms with van der Waals surface area (Å²) in [4.78, 5) is 18.4. The Hall–Kier alpha value is -1.56. The molecular formula is C16H28N4O2. The summed E-state index contributed by atoms with van der Waals surface area (Å²) in [5.41, 5.74) is 0. The largest absolute Gasteiger partial charge is 0.393 e. The maximum absolute atomic E-state index is 12.3. The zero-order valence-corrected chi connectivity index (χ0v) is 13.8. The molecule has 0 aliphatic carbocycles. The average molecular weight is 308 g/mol. The van der Waals surface area contributed by atoms with E-state index in [2.05, 4.69) is 28.7 Å². The van der Waals surface area contributed by atoms with Crippen LogP contribution in [0.4, 0.5) is 4.79 Å². The molecule has 2 rings (SSSR count). The van der Waals surface area contributed by atoms with Gasteiger partial charge in [0.25, 0.3) is 0 Å². The number of imidazole rings is 1. The Morgan fingerprint density at radius 2 is 2.27 bits per heavy atom. The quantitative estimate of drug-likeness (QED) is 0.872. The summed E-state index contributed by atoms with van der Waals surface area (Å²) in [6.45, 7) is 8.85. The molecule has 1 aromatic heterocycles. The number of hydrogen-bond donors (Lipinski definition) is 2. The molecule has 0 bridgehead atoms. The third-order valence-corrected chi connectivity index (χ3v) is 4.19. The van der Waals surface area contributed by atoms with Gasteiger partial charge in [-0.2, -0.15) is 0 Å². The highest BCUT2D eigenvalue weighted by atomic mass is 16.3. The van der Waals surface area contributed by atoms with Crippen LogP contribution in [0.1, 0.15) is 39.4 Å². The fourth-order valence-electron chi connectivity index (χ4n) is 2.92. The van der Waals surface area contributed by atoms with Crippen molar-refractivity contribution in [3.8, 4) is 0 Å². The highest BCUT2D eigenvalue weighted by molar-refractivity contribution is 5.74. The maximum atomic E-state index is 12.3. The molecule has 0 saturated carbocycles. The van der Waals surface area contributed by atoms with Crippen molar-refractivity contribution in [2.24, 2.45) is 11.8 Å². The summed E-state index contributed by atoms with van der Waals surface area (Å²) < 4.78 is 2.08. The normalized spacial score (nSPS) is 20.2. The van der Waals surface area contributed by atoms with Gasteiger partial charge in [-0.1, -0.05) is 13.8 Å². The van der Waals surface area contributed by atoms with E-state index in [4.69, 9.17) is 0 Å². The molecule has 0 radical (unpaired) electrons. The van der Waals surface area contributed by atoms with Crippen LogP contribution in [0.15, 0.2) is 12.4 Å². The number of hydrogen-bond acceptors (Lipinski definition) is 3. The van der Waals surface area contributed by atoms with Gasteiger partial charge in [-0.05, 0) is 25.7 Å². The van der Waals surface area contributed by atoms with Crippen LogP contribution >= 0.6 is 0 Å². The van der Waals surface area contributed by atoms with Gasteiger partial charge in [-0.15, -0.1) is 0 Å². The number of carbonyl (C=O) groups excluding carboxylic acids is 1. The number of likely N-dealkylation sites (tertiary alicyclic amines) is 1. The van der Waals surface area contributed by atoms with Crippen molar-refractivity contribution in [2.45, 2.75) is 52.8 Å². The molecule has 2 atom stereocenters. The zero-order chi connectivity index (χ0) is 16.1. The van der Waals surface area contributed by atoms with Crippen molar-refractivity contribution in [3.05, 3.63) is 18.2 Å². The first-order valence-corrected chi connectivity index (χ1v) is 8.18. The minimum absolute atomic E-state index is 0.0653. The van der Waals surface area contributed by atoms with E-state index in [-0.39, 0.29) is 18.1 Å². The SMILES string of the molecule is CC(C)Cn1ccnc1CNC(=O)N1CCCC(C(C)O)C1. The second kappa shape index (κ2) is 7.63. The maximum Gasteiger partial charge on any atom is 0.317 e. The van der Waals surface area contributed by atoms with Gasteiger partial charge in [0.05, 0.1) is 12.6 Å². The summed E-state index contributed by atoms with van der Waals surface area (Å²) in [5.74, 6) is 1.60. The van der Waals surface area contributed by atoms with E-state index in [1.54, 1.807) is 18.0 Å². The minimum Gasteiger partial charge on any atom is -0.393 e. The molecule has 1 aliphatic rings. The molecular weight excluding hydrogens is 280 g/mol. The first-order chi connectivity index (χ1) is 10.5. The standard InChI is InChI=1S/C16H28N4O2/c1-12(2)10-19-8-6-17-15(19)9-18-16(22)20-7-4-5-14(11-20)13(3)21/h6,8,12-14,21H,4-5,7,9-11H2,1-3H3,(H,18,22). The molecule has 1 aromatic rings. The van der Waals surface area contributed by atoms with Gasteiger partial charge >= 0.3 is 6.03 Å². The number of amides is 2. The summed E-state index contributed by atoms with van der Waals surface area (Å²) in [5, 5.41) is 12.7. The Balaban J connectivity index is 1.86. The van der Waals surface area contributed by atoms with Gasteiger partial charge in [0.1, 0.15) is 5.82 Å². The van der Waals surface area contributed by atoms with E-state index < -0.39 is 0 Å². The fourth-order valence-corrected chi connectivity index (χ4v) is 2.92. The monoisotopic (exact) mass is 308 g/mol. The number of aliphatic hydroxyl groups excluding tert-OH is 1. The van der Waals surface area contributed by atoms with Crippen LogP contribution in [0.2, 0.25) is 0 Å². The fraction of sp³-hybridized carbons (Fsp3) is 0.750. The Bertz CT molecular complexity index is 484. The Labute approximate surface area is 132 Å². The van der Waals surface area contributed by atoms with E-state index in [9.17, 15) is 9.90 Å². The lowest BCUT2D eigenvalue weighted by atomic mass is 9.94. The highest BCUT2D eigenvalue weighted by Crippen LogP contribution is 2.19. The van der Waals surface area contributed by atoms with Crippen LogP contribution in [0.25, 0.3) is 0 Å². The van der Waals surface area contributed by atoms with Crippen LogP contribution in [0.3, 0.4) is 0 Å². The average Bonchev–Trinajstić information content (AvgIpc) is 2.91. The highest BCUT2D eigenvalue weighted by Gasteiger charge is 2.26. The molecule has 0 aromatic carbocycles. The molecule has 1 saturated heterocycles. The van der Waals surface area contributed by atoms with Gasteiger partial charge in [-0.25, -0.2) is 9.78 Å². The molecule has 124 valence electrons. The molecule has 22 heavy (non-hydrogen) atoms. The third kappa shape index (κ3) is 4.47. The second-order valence-corrected chi connectivity index (χ2v) is 6.64. The van der Waals surface area contributed by atoms with Crippen LogP contribution in [-0.4, -0.2) is 44.8 Å². The van der Waals surface area contributed by atoms with Crippen LogP contribution < -0.4 is 5.32 Å². The molecule has 1 fully saturated rings. The molecule has 1 aliphatic heterocycles. The van der Waals surface area contributed by atoms with Crippen molar-refractivity contribution in [1.82, 2.24) is 19.8 Å². The van der Waals surface area contributed by atoms with Crippen LogP contribution in [0.5, 0.6) is 0 Å². The van der Waals surface area contributed by atoms with E-state index in [1.165, 1.54) is 0 Å².